The molecule has 0 bridgehead atoms. The molecule has 98 valence electrons. The molecule has 0 saturated carbocycles. The van der Waals surface area contributed by atoms with Crippen LogP contribution < -0.4 is 11.2 Å². The summed E-state index contributed by atoms with van der Waals surface area (Å²) in [4.78, 5) is 2.37. The average molecular weight is 264 g/mol. The quantitative estimate of drug-likeness (QED) is 0.466. The molecule has 1 aromatic rings. The summed E-state index contributed by atoms with van der Waals surface area (Å²) in [6.07, 6.45) is 1.69. The lowest BCUT2D eigenvalue weighted by Gasteiger charge is -2.17. The molecule has 0 radical (unpaired) electrons. The second kappa shape index (κ2) is 7.79. The van der Waals surface area contributed by atoms with Gasteiger partial charge in [0.2, 0.25) is 0 Å². The van der Waals surface area contributed by atoms with Gasteiger partial charge < -0.3 is 5.73 Å². The van der Waals surface area contributed by atoms with E-state index in [2.05, 4.69) is 53.6 Å². The van der Waals surface area contributed by atoms with Crippen LogP contribution in [0.3, 0.4) is 0 Å². The van der Waals surface area contributed by atoms with Crippen LogP contribution in [-0.2, 0) is 6.54 Å². The van der Waals surface area contributed by atoms with Crippen molar-refractivity contribution in [1.29, 1.82) is 0 Å². The molecule has 18 heavy (non-hydrogen) atoms. The van der Waals surface area contributed by atoms with E-state index >= 15 is 0 Å². The first-order valence-corrected chi connectivity index (χ1v) is 6.46. The summed E-state index contributed by atoms with van der Waals surface area (Å²) in [6, 6.07) is 8.29. The van der Waals surface area contributed by atoms with Crippen LogP contribution in [0.2, 0.25) is 0 Å². The maximum absolute atomic E-state index is 5.27. The van der Waals surface area contributed by atoms with Gasteiger partial charge >= 0.3 is 0 Å². The minimum absolute atomic E-state index is 0.171. The Morgan fingerprint density at radius 3 is 2.44 bits per heavy atom. The minimum atomic E-state index is 0.171. The Bertz CT molecular complexity index is 396. The summed E-state index contributed by atoms with van der Waals surface area (Å²) < 4.78 is 0. The van der Waals surface area contributed by atoms with Gasteiger partial charge in [0.25, 0.3) is 0 Å². The van der Waals surface area contributed by atoms with Crippen molar-refractivity contribution in [2.75, 3.05) is 13.1 Å². The molecular formula is C13H20N4S. The van der Waals surface area contributed by atoms with Gasteiger partial charge in [-0.05, 0) is 36.4 Å². The third-order valence-electron chi connectivity index (χ3n) is 2.67. The molecule has 0 heterocycles. The number of nitrogens with zero attached hydrogens (tertiary/aromatic N) is 2. The largest absolute Gasteiger partial charge is 0.375 e. The fourth-order valence-electron chi connectivity index (χ4n) is 1.58. The van der Waals surface area contributed by atoms with Crippen molar-refractivity contribution in [3.63, 3.8) is 0 Å². The zero-order valence-corrected chi connectivity index (χ0v) is 11.7. The summed E-state index contributed by atoms with van der Waals surface area (Å²) in [7, 11) is 0. The lowest BCUT2D eigenvalue weighted by Crippen LogP contribution is -2.24. The van der Waals surface area contributed by atoms with Gasteiger partial charge in [0.05, 0.1) is 6.21 Å². The highest BCUT2D eigenvalue weighted by molar-refractivity contribution is 7.80. The Hall–Kier alpha value is -1.46. The van der Waals surface area contributed by atoms with Crippen molar-refractivity contribution < 1.29 is 0 Å². The fourth-order valence-corrected chi connectivity index (χ4v) is 1.64. The van der Waals surface area contributed by atoms with Gasteiger partial charge in [0, 0.05) is 6.54 Å². The van der Waals surface area contributed by atoms with E-state index in [4.69, 9.17) is 5.73 Å². The number of thiocarbonyl (C=S) groups is 1. The van der Waals surface area contributed by atoms with Crippen LogP contribution in [0, 0.1) is 0 Å². The molecule has 1 rings (SSSR count). The molecule has 0 atom stereocenters. The van der Waals surface area contributed by atoms with Crippen LogP contribution in [0.5, 0.6) is 0 Å². The highest BCUT2D eigenvalue weighted by Gasteiger charge is 2.00. The molecule has 0 aliphatic rings. The second-order valence-corrected chi connectivity index (χ2v) is 4.38. The van der Waals surface area contributed by atoms with E-state index in [0.717, 1.165) is 25.2 Å². The van der Waals surface area contributed by atoms with E-state index in [1.165, 1.54) is 5.56 Å². The third-order valence-corrected chi connectivity index (χ3v) is 2.76. The van der Waals surface area contributed by atoms with Gasteiger partial charge in [0.15, 0.2) is 5.11 Å². The number of benzene rings is 1. The summed E-state index contributed by atoms with van der Waals surface area (Å²) in [5.41, 5.74) is 10.1. The molecule has 0 fully saturated rings. The maximum Gasteiger partial charge on any atom is 0.184 e. The van der Waals surface area contributed by atoms with Gasteiger partial charge in [-0.3, -0.25) is 10.3 Å². The predicted molar refractivity (Wildman–Crippen MR) is 80.6 cm³/mol. The van der Waals surface area contributed by atoms with E-state index in [1.54, 1.807) is 6.21 Å². The van der Waals surface area contributed by atoms with Crippen LogP contribution in [0.4, 0.5) is 0 Å². The normalized spacial score (nSPS) is 11.1. The first-order chi connectivity index (χ1) is 8.65. The molecule has 5 heteroatoms. The third kappa shape index (κ3) is 5.25. The highest BCUT2D eigenvalue weighted by atomic mass is 32.1. The van der Waals surface area contributed by atoms with E-state index in [1.807, 2.05) is 12.1 Å². The zero-order chi connectivity index (χ0) is 13.4. The monoisotopic (exact) mass is 264 g/mol. The van der Waals surface area contributed by atoms with Crippen molar-refractivity contribution in [3.8, 4) is 0 Å². The number of hydrogen-bond donors (Lipinski definition) is 2. The van der Waals surface area contributed by atoms with Gasteiger partial charge in [-0.2, -0.15) is 5.10 Å². The summed E-state index contributed by atoms with van der Waals surface area (Å²) in [6.45, 7) is 7.46. The summed E-state index contributed by atoms with van der Waals surface area (Å²) >= 11 is 4.65. The summed E-state index contributed by atoms with van der Waals surface area (Å²) in [5.74, 6) is 0. The lowest BCUT2D eigenvalue weighted by molar-refractivity contribution is 0.296. The first-order valence-electron chi connectivity index (χ1n) is 6.05. The zero-order valence-electron chi connectivity index (χ0n) is 10.9. The molecule has 4 nitrogen and oxygen atoms in total. The molecule has 0 amide bonds. The van der Waals surface area contributed by atoms with Crippen LogP contribution in [0.25, 0.3) is 0 Å². The molecule has 3 N–H and O–H groups in total. The number of hydrogen-bond acceptors (Lipinski definition) is 3. The van der Waals surface area contributed by atoms with Gasteiger partial charge in [-0.15, -0.1) is 0 Å². The van der Waals surface area contributed by atoms with Gasteiger partial charge in [-0.1, -0.05) is 38.1 Å². The molecule has 0 unspecified atom stereocenters. The molecule has 0 spiro atoms. The SMILES string of the molecule is CCN(CC)Cc1ccc(C=NNC(N)=S)cc1. The van der Waals surface area contributed by atoms with Crippen molar-refractivity contribution in [1.82, 2.24) is 10.3 Å². The first kappa shape index (κ1) is 14.6. The Morgan fingerprint density at radius 1 is 1.33 bits per heavy atom. The Kier molecular flexibility index (Phi) is 6.32. The van der Waals surface area contributed by atoms with E-state index in [-0.39, 0.29) is 5.11 Å². The number of nitrogens with two attached hydrogens (primary N) is 1. The summed E-state index contributed by atoms with van der Waals surface area (Å²) in [5, 5.41) is 4.08. The fraction of sp³-hybridized carbons (Fsp3) is 0.385. The topological polar surface area (TPSA) is 53.6 Å². The van der Waals surface area contributed by atoms with Crippen molar-refractivity contribution in [3.05, 3.63) is 35.4 Å². The van der Waals surface area contributed by atoms with E-state index in [9.17, 15) is 0 Å². The van der Waals surface area contributed by atoms with Crippen molar-refractivity contribution in [2.45, 2.75) is 20.4 Å². The van der Waals surface area contributed by atoms with Crippen LogP contribution in [0.15, 0.2) is 29.4 Å². The van der Waals surface area contributed by atoms with Crippen LogP contribution >= 0.6 is 12.2 Å². The average Bonchev–Trinajstić information content (AvgIpc) is 2.37. The minimum Gasteiger partial charge on any atom is -0.375 e. The van der Waals surface area contributed by atoms with Crippen LogP contribution in [0.1, 0.15) is 25.0 Å². The Balaban J connectivity index is 2.57. The number of nitrogens with one attached hydrogen (secondary N) is 1. The Morgan fingerprint density at radius 2 is 1.94 bits per heavy atom. The second-order valence-electron chi connectivity index (χ2n) is 3.94. The molecule has 1 aromatic carbocycles. The molecule has 0 aliphatic carbocycles. The number of rotatable bonds is 6. The van der Waals surface area contributed by atoms with Crippen LogP contribution in [-0.4, -0.2) is 29.3 Å². The van der Waals surface area contributed by atoms with Crippen molar-refractivity contribution >= 4 is 23.5 Å². The molecular weight excluding hydrogens is 244 g/mol. The highest BCUT2D eigenvalue weighted by Crippen LogP contribution is 2.06. The smallest absolute Gasteiger partial charge is 0.184 e. The molecule has 0 aromatic heterocycles. The predicted octanol–water partition coefficient (Wildman–Crippen LogP) is 1.70. The van der Waals surface area contributed by atoms with Gasteiger partial charge in [-0.25, -0.2) is 0 Å². The van der Waals surface area contributed by atoms with E-state index in [0.29, 0.717) is 0 Å². The lowest BCUT2D eigenvalue weighted by atomic mass is 10.1. The van der Waals surface area contributed by atoms with Crippen molar-refractivity contribution in [2.24, 2.45) is 10.8 Å². The number of hydrazone groups is 1. The standard InChI is InChI=1S/C13H20N4S/c1-3-17(4-2)10-12-7-5-11(6-8-12)9-15-16-13(14)18/h5-9H,3-4,10H2,1-2H3,(H3,14,16,18). The van der Waals surface area contributed by atoms with E-state index < -0.39 is 0 Å². The maximum atomic E-state index is 5.27. The van der Waals surface area contributed by atoms with Gasteiger partial charge in [0.1, 0.15) is 0 Å². The molecule has 0 aliphatic heterocycles. The molecule has 0 saturated heterocycles. The Labute approximate surface area is 114 Å².